The SMILES string of the molecule is CC(=O)NCCc1ccc(C(C)NCC2(O)CCOCC2)cc1. The fraction of sp³-hybridized carbons (Fsp3) is 0.611. The second kappa shape index (κ2) is 8.43. The van der Waals surface area contributed by atoms with Crippen LogP contribution in [0.3, 0.4) is 0 Å². The van der Waals surface area contributed by atoms with Crippen LogP contribution in [0, 0.1) is 0 Å². The first-order valence-electron chi connectivity index (χ1n) is 8.35. The summed E-state index contributed by atoms with van der Waals surface area (Å²) in [6.07, 6.45) is 2.21. The molecule has 1 unspecified atom stereocenters. The Morgan fingerprint density at radius 2 is 1.96 bits per heavy atom. The van der Waals surface area contributed by atoms with Gasteiger partial charge >= 0.3 is 0 Å². The summed E-state index contributed by atoms with van der Waals surface area (Å²) in [5.74, 6) is 0.00508. The Kier molecular flexibility index (Phi) is 6.57. The number of hydrogen-bond acceptors (Lipinski definition) is 4. The Labute approximate surface area is 138 Å². The van der Waals surface area contributed by atoms with Crippen LogP contribution in [0.15, 0.2) is 24.3 Å². The second-order valence-corrected chi connectivity index (χ2v) is 6.41. The molecule has 1 aliphatic heterocycles. The molecule has 1 aliphatic rings. The Morgan fingerprint density at radius 3 is 2.57 bits per heavy atom. The third-order valence-corrected chi connectivity index (χ3v) is 4.43. The van der Waals surface area contributed by atoms with Gasteiger partial charge < -0.3 is 20.5 Å². The van der Waals surface area contributed by atoms with Crippen molar-refractivity contribution in [3.8, 4) is 0 Å². The van der Waals surface area contributed by atoms with Gasteiger partial charge in [-0.2, -0.15) is 0 Å². The number of benzene rings is 1. The Morgan fingerprint density at radius 1 is 1.30 bits per heavy atom. The van der Waals surface area contributed by atoms with Crippen molar-refractivity contribution in [3.63, 3.8) is 0 Å². The zero-order valence-electron chi connectivity index (χ0n) is 14.1. The highest BCUT2D eigenvalue weighted by Gasteiger charge is 2.29. The van der Waals surface area contributed by atoms with Crippen LogP contribution in [-0.4, -0.2) is 42.9 Å². The number of rotatable bonds is 7. The summed E-state index contributed by atoms with van der Waals surface area (Å²) in [5, 5.41) is 16.7. The van der Waals surface area contributed by atoms with E-state index in [1.165, 1.54) is 18.1 Å². The number of amides is 1. The highest BCUT2D eigenvalue weighted by atomic mass is 16.5. The molecule has 128 valence electrons. The van der Waals surface area contributed by atoms with Crippen LogP contribution in [0.2, 0.25) is 0 Å². The molecule has 0 aromatic heterocycles. The molecule has 1 saturated heterocycles. The normalized spacial score (nSPS) is 18.4. The lowest BCUT2D eigenvalue weighted by Crippen LogP contribution is -2.45. The maximum absolute atomic E-state index is 10.9. The molecule has 0 radical (unpaired) electrons. The summed E-state index contributed by atoms with van der Waals surface area (Å²) in [4.78, 5) is 10.9. The van der Waals surface area contributed by atoms with Crippen molar-refractivity contribution in [2.45, 2.75) is 44.8 Å². The van der Waals surface area contributed by atoms with E-state index < -0.39 is 5.60 Å². The van der Waals surface area contributed by atoms with E-state index >= 15 is 0 Å². The number of carbonyl (C=O) groups is 1. The van der Waals surface area contributed by atoms with Crippen LogP contribution in [0.1, 0.15) is 43.9 Å². The topological polar surface area (TPSA) is 70.6 Å². The van der Waals surface area contributed by atoms with E-state index in [1.54, 1.807) is 0 Å². The minimum atomic E-state index is -0.648. The lowest BCUT2D eigenvalue weighted by molar-refractivity contribution is -0.118. The molecule has 23 heavy (non-hydrogen) atoms. The van der Waals surface area contributed by atoms with Crippen LogP contribution in [0.5, 0.6) is 0 Å². The summed E-state index contributed by atoms with van der Waals surface area (Å²) >= 11 is 0. The summed E-state index contributed by atoms with van der Waals surface area (Å²) < 4.78 is 5.30. The quantitative estimate of drug-likeness (QED) is 0.713. The highest BCUT2D eigenvalue weighted by Crippen LogP contribution is 2.21. The zero-order chi connectivity index (χ0) is 16.7. The second-order valence-electron chi connectivity index (χ2n) is 6.41. The number of hydrogen-bond donors (Lipinski definition) is 3. The molecule has 1 amide bonds. The van der Waals surface area contributed by atoms with Gasteiger partial charge in [0, 0.05) is 52.1 Å². The molecule has 0 saturated carbocycles. The van der Waals surface area contributed by atoms with Crippen LogP contribution in [0.4, 0.5) is 0 Å². The molecule has 0 aliphatic carbocycles. The molecule has 1 heterocycles. The number of ether oxygens (including phenoxy) is 1. The van der Waals surface area contributed by atoms with E-state index in [-0.39, 0.29) is 11.9 Å². The third kappa shape index (κ3) is 5.94. The minimum Gasteiger partial charge on any atom is -0.388 e. The van der Waals surface area contributed by atoms with Crippen molar-refractivity contribution in [1.82, 2.24) is 10.6 Å². The van der Waals surface area contributed by atoms with Crippen LogP contribution >= 0.6 is 0 Å². The van der Waals surface area contributed by atoms with Gasteiger partial charge in [-0.25, -0.2) is 0 Å². The molecule has 5 nitrogen and oxygen atoms in total. The van der Waals surface area contributed by atoms with Gasteiger partial charge in [0.2, 0.25) is 5.91 Å². The molecule has 5 heteroatoms. The Hall–Kier alpha value is -1.43. The average molecular weight is 320 g/mol. The van der Waals surface area contributed by atoms with E-state index in [1.807, 2.05) is 0 Å². The monoisotopic (exact) mass is 320 g/mol. The summed E-state index contributed by atoms with van der Waals surface area (Å²) in [6.45, 7) is 6.16. The van der Waals surface area contributed by atoms with Gasteiger partial charge in [-0.05, 0) is 24.5 Å². The van der Waals surface area contributed by atoms with Crippen molar-refractivity contribution < 1.29 is 14.6 Å². The van der Waals surface area contributed by atoms with Gasteiger partial charge in [0.25, 0.3) is 0 Å². The van der Waals surface area contributed by atoms with Gasteiger partial charge in [0.05, 0.1) is 5.60 Å². The first-order valence-corrected chi connectivity index (χ1v) is 8.35. The predicted octanol–water partition coefficient (Wildman–Crippen LogP) is 1.56. The molecule has 1 aromatic rings. The van der Waals surface area contributed by atoms with Gasteiger partial charge in [0.15, 0.2) is 0 Å². The molecule has 0 spiro atoms. The van der Waals surface area contributed by atoms with Crippen molar-refractivity contribution in [3.05, 3.63) is 35.4 Å². The van der Waals surface area contributed by atoms with Gasteiger partial charge in [0.1, 0.15) is 0 Å². The van der Waals surface area contributed by atoms with Gasteiger partial charge in [-0.15, -0.1) is 0 Å². The maximum Gasteiger partial charge on any atom is 0.216 e. The Bertz CT molecular complexity index is 495. The summed E-state index contributed by atoms with van der Waals surface area (Å²) in [7, 11) is 0. The number of aliphatic hydroxyl groups is 1. The molecular weight excluding hydrogens is 292 g/mol. The van der Waals surface area contributed by atoms with Crippen molar-refractivity contribution in [2.24, 2.45) is 0 Å². The molecule has 3 N–H and O–H groups in total. The predicted molar refractivity (Wildman–Crippen MR) is 90.3 cm³/mol. The van der Waals surface area contributed by atoms with Crippen molar-refractivity contribution >= 4 is 5.91 Å². The lowest BCUT2D eigenvalue weighted by Gasteiger charge is -2.33. The molecule has 1 atom stereocenters. The summed E-state index contributed by atoms with van der Waals surface area (Å²) in [5.41, 5.74) is 1.76. The highest BCUT2D eigenvalue weighted by molar-refractivity contribution is 5.72. The largest absolute Gasteiger partial charge is 0.388 e. The first kappa shape index (κ1) is 17.9. The molecule has 2 rings (SSSR count). The average Bonchev–Trinajstić information content (AvgIpc) is 2.54. The third-order valence-electron chi connectivity index (χ3n) is 4.43. The number of nitrogens with one attached hydrogen (secondary N) is 2. The lowest BCUT2D eigenvalue weighted by atomic mass is 9.93. The smallest absolute Gasteiger partial charge is 0.216 e. The van der Waals surface area contributed by atoms with E-state index in [9.17, 15) is 9.90 Å². The fourth-order valence-electron chi connectivity index (χ4n) is 2.74. The summed E-state index contributed by atoms with van der Waals surface area (Å²) in [6, 6.07) is 8.59. The first-order chi connectivity index (χ1) is 11.0. The standard InChI is InChI=1S/C18H28N2O3/c1-14(20-13-18(22)8-11-23-12-9-18)17-5-3-16(4-6-17)7-10-19-15(2)21/h3-6,14,20,22H,7-13H2,1-2H3,(H,19,21). The van der Waals surface area contributed by atoms with Gasteiger partial charge in [-0.3, -0.25) is 4.79 Å². The minimum absolute atomic E-state index is 0.00508. The van der Waals surface area contributed by atoms with E-state index in [0.29, 0.717) is 39.1 Å². The fourth-order valence-corrected chi connectivity index (χ4v) is 2.74. The van der Waals surface area contributed by atoms with Crippen LogP contribution in [0.25, 0.3) is 0 Å². The Balaban J connectivity index is 1.80. The molecule has 1 aromatic carbocycles. The van der Waals surface area contributed by atoms with E-state index in [0.717, 1.165) is 6.42 Å². The van der Waals surface area contributed by atoms with E-state index in [4.69, 9.17) is 4.74 Å². The maximum atomic E-state index is 10.9. The van der Waals surface area contributed by atoms with Crippen LogP contribution < -0.4 is 10.6 Å². The molecule has 0 bridgehead atoms. The number of carbonyl (C=O) groups excluding carboxylic acids is 1. The van der Waals surface area contributed by atoms with Crippen molar-refractivity contribution in [1.29, 1.82) is 0 Å². The van der Waals surface area contributed by atoms with E-state index in [2.05, 4.69) is 41.8 Å². The van der Waals surface area contributed by atoms with Crippen LogP contribution in [-0.2, 0) is 16.0 Å². The van der Waals surface area contributed by atoms with Gasteiger partial charge in [-0.1, -0.05) is 24.3 Å². The zero-order valence-corrected chi connectivity index (χ0v) is 14.1. The van der Waals surface area contributed by atoms with Crippen molar-refractivity contribution in [2.75, 3.05) is 26.3 Å². The molecular formula is C18H28N2O3. The molecule has 1 fully saturated rings.